The number of nitrogens with zero attached hydrogens (tertiary/aromatic N) is 3. The second-order valence-corrected chi connectivity index (χ2v) is 7.86. The van der Waals surface area contributed by atoms with E-state index in [-0.39, 0.29) is 5.91 Å². The molecule has 4 rings (SSSR count). The maximum absolute atomic E-state index is 12.7. The summed E-state index contributed by atoms with van der Waals surface area (Å²) in [6, 6.07) is 4.15. The third-order valence-electron chi connectivity index (χ3n) is 6.10. The minimum absolute atomic E-state index is 0.00344. The molecule has 0 saturated carbocycles. The van der Waals surface area contributed by atoms with E-state index in [4.69, 9.17) is 9.47 Å². The summed E-state index contributed by atoms with van der Waals surface area (Å²) in [6.07, 6.45) is 7.32. The summed E-state index contributed by atoms with van der Waals surface area (Å²) in [5.41, 5.74) is 1.28. The highest BCUT2D eigenvalue weighted by Crippen LogP contribution is 2.33. The lowest BCUT2D eigenvalue weighted by atomic mass is 9.83. The summed E-state index contributed by atoms with van der Waals surface area (Å²) in [7, 11) is 0. The van der Waals surface area contributed by atoms with Gasteiger partial charge in [-0.15, -0.1) is 0 Å². The Morgan fingerprint density at radius 2 is 1.93 bits per heavy atom. The number of carbonyl (C=O) groups is 1. The Morgan fingerprint density at radius 3 is 2.67 bits per heavy atom. The Bertz CT molecular complexity index is 683. The molecule has 2 saturated heterocycles. The van der Waals surface area contributed by atoms with Crippen LogP contribution >= 0.6 is 0 Å². The molecule has 1 aromatic rings. The van der Waals surface area contributed by atoms with Crippen molar-refractivity contribution in [3.05, 3.63) is 41.6 Å². The highest BCUT2D eigenvalue weighted by Gasteiger charge is 2.36. The van der Waals surface area contributed by atoms with Gasteiger partial charge in [-0.25, -0.2) is 0 Å². The molecule has 3 aliphatic rings. The first-order valence-electron chi connectivity index (χ1n) is 10.1. The molecule has 2 fully saturated rings. The number of carbonyl (C=O) groups excluding carboxylic acids is 1. The molecule has 146 valence electrons. The fourth-order valence-electron chi connectivity index (χ4n) is 4.55. The maximum atomic E-state index is 12.7. The van der Waals surface area contributed by atoms with Crippen LogP contribution in [0.15, 0.2) is 36.0 Å². The van der Waals surface area contributed by atoms with E-state index in [1.807, 2.05) is 30.3 Å². The van der Waals surface area contributed by atoms with Crippen molar-refractivity contribution in [3.63, 3.8) is 0 Å². The van der Waals surface area contributed by atoms with Crippen LogP contribution in [-0.4, -0.2) is 60.1 Å². The zero-order valence-corrected chi connectivity index (χ0v) is 16.1. The highest BCUT2D eigenvalue weighted by molar-refractivity contribution is 5.92. The molecule has 1 aromatic heterocycles. The van der Waals surface area contributed by atoms with Gasteiger partial charge in [0.2, 0.25) is 5.76 Å². The Balaban J connectivity index is 1.27. The molecule has 6 nitrogen and oxygen atoms in total. The average Bonchev–Trinajstić information content (AvgIpc) is 3.19. The van der Waals surface area contributed by atoms with Crippen LogP contribution in [0.2, 0.25) is 0 Å². The molecule has 4 heterocycles. The molecule has 0 bridgehead atoms. The first-order valence-corrected chi connectivity index (χ1v) is 10.1. The number of allylic oxidation sites excluding steroid dienone is 1. The van der Waals surface area contributed by atoms with Crippen molar-refractivity contribution in [1.29, 1.82) is 0 Å². The second kappa shape index (κ2) is 8.30. The summed E-state index contributed by atoms with van der Waals surface area (Å²) in [5.74, 6) is 2.36. The number of amides is 1. The molecule has 0 radical (unpaired) electrons. The van der Waals surface area contributed by atoms with E-state index in [9.17, 15) is 4.79 Å². The molecule has 3 aliphatic heterocycles. The lowest BCUT2D eigenvalue weighted by Gasteiger charge is -2.34. The van der Waals surface area contributed by atoms with Gasteiger partial charge in [-0.05, 0) is 62.7 Å². The zero-order chi connectivity index (χ0) is 18.6. The topological polar surface area (TPSA) is 54.9 Å². The van der Waals surface area contributed by atoms with Crippen LogP contribution in [0, 0.1) is 11.8 Å². The molecule has 27 heavy (non-hydrogen) atoms. The second-order valence-electron chi connectivity index (χ2n) is 7.86. The van der Waals surface area contributed by atoms with Gasteiger partial charge in [0, 0.05) is 32.0 Å². The summed E-state index contributed by atoms with van der Waals surface area (Å²) in [4.78, 5) is 21.4. The van der Waals surface area contributed by atoms with Gasteiger partial charge in [0.15, 0.2) is 0 Å². The molecular weight excluding hydrogens is 342 g/mol. The van der Waals surface area contributed by atoms with E-state index in [2.05, 4.69) is 16.0 Å². The van der Waals surface area contributed by atoms with Crippen molar-refractivity contribution >= 4 is 5.91 Å². The monoisotopic (exact) mass is 371 g/mol. The van der Waals surface area contributed by atoms with E-state index in [0.717, 1.165) is 39.1 Å². The Labute approximate surface area is 161 Å². The smallest absolute Gasteiger partial charge is 0.292 e. The number of piperidine rings is 1. The van der Waals surface area contributed by atoms with E-state index >= 15 is 0 Å². The Morgan fingerprint density at radius 1 is 1.15 bits per heavy atom. The maximum Gasteiger partial charge on any atom is 0.292 e. The zero-order valence-electron chi connectivity index (χ0n) is 16.1. The van der Waals surface area contributed by atoms with Gasteiger partial charge in [0.1, 0.15) is 19.0 Å². The van der Waals surface area contributed by atoms with Crippen molar-refractivity contribution in [1.82, 2.24) is 14.8 Å². The molecule has 0 aromatic carbocycles. The fourth-order valence-corrected chi connectivity index (χ4v) is 4.55. The molecule has 6 heteroatoms. The van der Waals surface area contributed by atoms with Gasteiger partial charge < -0.3 is 14.4 Å². The van der Waals surface area contributed by atoms with E-state index in [1.54, 1.807) is 0 Å². The highest BCUT2D eigenvalue weighted by atomic mass is 16.6. The first-order chi connectivity index (χ1) is 13.2. The van der Waals surface area contributed by atoms with Crippen molar-refractivity contribution < 1.29 is 14.3 Å². The summed E-state index contributed by atoms with van der Waals surface area (Å²) < 4.78 is 11.0. The largest absolute Gasteiger partial charge is 0.491 e. The van der Waals surface area contributed by atoms with Gasteiger partial charge in [-0.1, -0.05) is 6.07 Å². The standard InChI is InChI=1S/C21H29N3O3/c1-16-20(27-12-11-26-16)21(25)24-10-6-19(15-24)18-4-8-23(9-5-18)14-17-3-2-7-22-13-17/h2-3,7,13,18-19H,4-6,8-12,14-15H2,1H3. The number of aromatic nitrogens is 1. The van der Waals surface area contributed by atoms with Crippen molar-refractivity contribution in [2.45, 2.75) is 32.7 Å². The van der Waals surface area contributed by atoms with Gasteiger partial charge in [0.05, 0.1) is 0 Å². The first kappa shape index (κ1) is 18.3. The van der Waals surface area contributed by atoms with Crippen LogP contribution in [0.3, 0.4) is 0 Å². The number of rotatable bonds is 4. The molecule has 1 atom stereocenters. The van der Waals surface area contributed by atoms with Crippen LogP contribution in [0.5, 0.6) is 0 Å². The average molecular weight is 371 g/mol. The van der Waals surface area contributed by atoms with Gasteiger partial charge >= 0.3 is 0 Å². The van der Waals surface area contributed by atoms with Crippen LogP contribution in [0.4, 0.5) is 0 Å². The minimum atomic E-state index is 0.00344. The van der Waals surface area contributed by atoms with Gasteiger partial charge in [-0.3, -0.25) is 14.7 Å². The molecule has 1 amide bonds. The molecule has 0 N–H and O–H groups in total. The van der Waals surface area contributed by atoms with Crippen LogP contribution in [-0.2, 0) is 20.8 Å². The number of hydrogen-bond donors (Lipinski definition) is 0. The van der Waals surface area contributed by atoms with Crippen LogP contribution in [0.25, 0.3) is 0 Å². The fraction of sp³-hybridized carbons (Fsp3) is 0.619. The van der Waals surface area contributed by atoms with E-state index in [1.165, 1.54) is 18.4 Å². The SMILES string of the molecule is CC1=C(C(=O)N2CCC(C3CCN(Cc4cccnc4)CC3)C2)OCCO1. The lowest BCUT2D eigenvalue weighted by molar-refractivity contribution is -0.132. The van der Waals surface area contributed by atoms with Gasteiger partial charge in [0.25, 0.3) is 5.91 Å². The number of likely N-dealkylation sites (tertiary alicyclic amines) is 2. The van der Waals surface area contributed by atoms with Crippen molar-refractivity contribution in [2.24, 2.45) is 11.8 Å². The predicted octanol–water partition coefficient (Wildman–Crippen LogP) is 2.42. The summed E-state index contributed by atoms with van der Waals surface area (Å²) in [6.45, 7) is 7.74. The normalized spacial score (nSPS) is 24.6. The Hall–Kier alpha value is -2.08. The van der Waals surface area contributed by atoms with E-state index in [0.29, 0.717) is 36.6 Å². The third kappa shape index (κ3) is 4.26. The van der Waals surface area contributed by atoms with Gasteiger partial charge in [-0.2, -0.15) is 0 Å². The van der Waals surface area contributed by atoms with Crippen LogP contribution < -0.4 is 0 Å². The number of ether oxygens (including phenoxy) is 2. The molecule has 0 aliphatic carbocycles. The predicted molar refractivity (Wildman–Crippen MR) is 102 cm³/mol. The Kier molecular flexibility index (Phi) is 5.62. The summed E-state index contributed by atoms with van der Waals surface area (Å²) in [5, 5.41) is 0. The molecule has 0 spiro atoms. The number of pyridine rings is 1. The summed E-state index contributed by atoms with van der Waals surface area (Å²) >= 11 is 0. The van der Waals surface area contributed by atoms with Crippen LogP contribution in [0.1, 0.15) is 31.7 Å². The quantitative estimate of drug-likeness (QED) is 0.814. The van der Waals surface area contributed by atoms with Crippen molar-refractivity contribution in [2.75, 3.05) is 39.4 Å². The minimum Gasteiger partial charge on any atom is -0.491 e. The van der Waals surface area contributed by atoms with E-state index < -0.39 is 0 Å². The molecular formula is C21H29N3O3. The lowest BCUT2D eigenvalue weighted by Crippen LogP contribution is -2.37. The van der Waals surface area contributed by atoms with Crippen molar-refractivity contribution in [3.8, 4) is 0 Å². The number of hydrogen-bond acceptors (Lipinski definition) is 5. The third-order valence-corrected chi connectivity index (χ3v) is 6.10. The molecule has 1 unspecified atom stereocenters.